The Kier molecular flexibility index (Phi) is 3.92. The number of hydrogen-bond acceptors (Lipinski definition) is 2. The fourth-order valence-corrected chi connectivity index (χ4v) is 3.12. The molecule has 0 bridgehead atoms. The second kappa shape index (κ2) is 6.26. The van der Waals surface area contributed by atoms with Crippen molar-refractivity contribution in [1.29, 1.82) is 0 Å². The van der Waals surface area contributed by atoms with Crippen LogP contribution in [0.1, 0.15) is 16.7 Å². The third kappa shape index (κ3) is 2.81. The predicted molar refractivity (Wildman–Crippen MR) is 101 cm³/mol. The molecule has 4 nitrogen and oxygen atoms in total. The normalized spacial score (nSPS) is 11.2. The van der Waals surface area contributed by atoms with E-state index in [2.05, 4.69) is 18.0 Å². The number of aromatic nitrogens is 3. The van der Waals surface area contributed by atoms with Crippen molar-refractivity contribution < 1.29 is 4.39 Å². The second-order valence-corrected chi connectivity index (χ2v) is 6.49. The summed E-state index contributed by atoms with van der Waals surface area (Å²) >= 11 is 0. The number of nitrogens with zero attached hydrogens (tertiary/aromatic N) is 2. The number of aromatic amines is 1. The molecule has 0 fully saturated rings. The van der Waals surface area contributed by atoms with E-state index in [0.717, 1.165) is 27.7 Å². The predicted octanol–water partition coefficient (Wildman–Crippen LogP) is 4.20. The lowest BCUT2D eigenvalue weighted by Gasteiger charge is -2.10. The van der Waals surface area contributed by atoms with Crippen LogP contribution in [0.4, 0.5) is 4.39 Å². The number of nitrogens with one attached hydrogen (secondary N) is 1. The van der Waals surface area contributed by atoms with Gasteiger partial charge in [-0.15, -0.1) is 0 Å². The lowest BCUT2D eigenvalue weighted by Crippen LogP contribution is -2.11. The third-order valence-corrected chi connectivity index (χ3v) is 4.68. The van der Waals surface area contributed by atoms with Gasteiger partial charge in [0, 0.05) is 12.7 Å². The molecule has 26 heavy (non-hydrogen) atoms. The molecule has 0 amide bonds. The van der Waals surface area contributed by atoms with E-state index in [9.17, 15) is 9.18 Å². The Morgan fingerprint density at radius 2 is 1.81 bits per heavy atom. The zero-order valence-corrected chi connectivity index (χ0v) is 14.6. The van der Waals surface area contributed by atoms with Gasteiger partial charge in [0.25, 0.3) is 5.56 Å². The topological polar surface area (TPSA) is 50.7 Å². The van der Waals surface area contributed by atoms with Gasteiger partial charge in [-0.3, -0.25) is 4.79 Å². The molecule has 4 aromatic rings. The lowest BCUT2D eigenvalue weighted by molar-refractivity contribution is 0.626. The van der Waals surface area contributed by atoms with E-state index in [1.807, 2.05) is 17.6 Å². The molecule has 0 aliphatic rings. The van der Waals surface area contributed by atoms with Crippen LogP contribution >= 0.6 is 0 Å². The van der Waals surface area contributed by atoms with Gasteiger partial charge in [0.05, 0.1) is 16.6 Å². The first-order valence-corrected chi connectivity index (χ1v) is 8.43. The first-order valence-electron chi connectivity index (χ1n) is 8.43. The molecule has 0 saturated heterocycles. The fourth-order valence-electron chi connectivity index (χ4n) is 3.12. The highest BCUT2D eigenvalue weighted by Gasteiger charge is 2.16. The summed E-state index contributed by atoms with van der Waals surface area (Å²) in [5.74, 6) is 0.339. The Balaban J connectivity index is 1.96. The molecule has 0 radical (unpaired) electrons. The Morgan fingerprint density at radius 1 is 1.08 bits per heavy atom. The van der Waals surface area contributed by atoms with E-state index < -0.39 is 0 Å². The van der Waals surface area contributed by atoms with E-state index in [1.54, 1.807) is 30.5 Å². The molecule has 2 aromatic heterocycles. The van der Waals surface area contributed by atoms with Crippen molar-refractivity contribution in [3.8, 4) is 11.4 Å². The quantitative estimate of drug-likeness (QED) is 0.604. The van der Waals surface area contributed by atoms with Crippen molar-refractivity contribution in [3.63, 3.8) is 0 Å². The Bertz CT molecular complexity index is 1160. The van der Waals surface area contributed by atoms with Gasteiger partial charge < -0.3 is 9.55 Å². The van der Waals surface area contributed by atoms with Crippen LogP contribution in [0.2, 0.25) is 0 Å². The number of fused-ring (bicyclic) bond motifs is 1. The van der Waals surface area contributed by atoms with Crippen molar-refractivity contribution in [3.05, 3.63) is 87.6 Å². The van der Waals surface area contributed by atoms with Crippen molar-refractivity contribution in [1.82, 2.24) is 14.5 Å². The van der Waals surface area contributed by atoms with Crippen molar-refractivity contribution in [2.24, 2.45) is 0 Å². The number of halogens is 1. The maximum Gasteiger partial charge on any atom is 0.258 e. The smallest absolute Gasteiger partial charge is 0.258 e. The summed E-state index contributed by atoms with van der Waals surface area (Å²) in [6, 6.07) is 14.1. The van der Waals surface area contributed by atoms with E-state index in [1.165, 1.54) is 12.1 Å². The number of rotatable bonds is 3. The van der Waals surface area contributed by atoms with E-state index >= 15 is 0 Å². The molecule has 0 unspecified atom stereocenters. The van der Waals surface area contributed by atoms with Gasteiger partial charge in [0.15, 0.2) is 0 Å². The molecule has 130 valence electrons. The third-order valence-electron chi connectivity index (χ3n) is 4.68. The van der Waals surface area contributed by atoms with E-state index in [4.69, 9.17) is 4.98 Å². The van der Waals surface area contributed by atoms with Gasteiger partial charge in [0.2, 0.25) is 0 Å². The van der Waals surface area contributed by atoms with Crippen LogP contribution in [-0.2, 0) is 6.54 Å². The SMILES string of the molecule is Cc1cc2nc(-c3ccc[nH]c3=O)n(Cc3ccc(F)cc3)c2cc1C. The number of aryl methyl sites for hydroxylation is 2. The zero-order valence-electron chi connectivity index (χ0n) is 14.6. The molecular formula is C21H18FN3O. The Hall–Kier alpha value is -3.21. The number of hydrogen-bond donors (Lipinski definition) is 1. The van der Waals surface area contributed by atoms with Crippen molar-refractivity contribution in [2.45, 2.75) is 20.4 Å². The first-order chi connectivity index (χ1) is 12.5. The summed E-state index contributed by atoms with van der Waals surface area (Å²) < 4.78 is 15.3. The van der Waals surface area contributed by atoms with Gasteiger partial charge in [0.1, 0.15) is 11.6 Å². The van der Waals surface area contributed by atoms with Gasteiger partial charge in [-0.25, -0.2) is 9.37 Å². The van der Waals surface area contributed by atoms with Gasteiger partial charge in [-0.2, -0.15) is 0 Å². The molecule has 0 saturated carbocycles. The maximum absolute atomic E-state index is 13.2. The van der Waals surface area contributed by atoms with Crippen LogP contribution < -0.4 is 5.56 Å². The lowest BCUT2D eigenvalue weighted by atomic mass is 10.1. The summed E-state index contributed by atoms with van der Waals surface area (Å²) in [6.07, 6.45) is 1.60. The number of H-pyrrole nitrogens is 1. The molecule has 0 atom stereocenters. The summed E-state index contributed by atoms with van der Waals surface area (Å²) in [6.45, 7) is 4.60. The number of imidazole rings is 1. The summed E-state index contributed by atoms with van der Waals surface area (Å²) in [4.78, 5) is 19.8. The zero-order chi connectivity index (χ0) is 18.3. The van der Waals surface area contributed by atoms with Crippen LogP contribution in [0.15, 0.2) is 59.5 Å². The molecule has 4 rings (SSSR count). The van der Waals surface area contributed by atoms with Crippen molar-refractivity contribution in [2.75, 3.05) is 0 Å². The van der Waals surface area contributed by atoms with Crippen LogP contribution in [0.5, 0.6) is 0 Å². The monoisotopic (exact) mass is 347 g/mol. The van der Waals surface area contributed by atoms with Crippen LogP contribution in [0, 0.1) is 19.7 Å². The molecule has 0 spiro atoms. The molecular weight excluding hydrogens is 329 g/mol. The number of pyridine rings is 1. The highest BCUT2D eigenvalue weighted by Crippen LogP contribution is 2.26. The van der Waals surface area contributed by atoms with Crippen molar-refractivity contribution >= 4 is 11.0 Å². The van der Waals surface area contributed by atoms with Gasteiger partial charge in [-0.1, -0.05) is 12.1 Å². The summed E-state index contributed by atoms with van der Waals surface area (Å²) in [5.41, 5.74) is 5.38. The standard InChI is InChI=1S/C21H18FN3O/c1-13-10-18-19(11-14(13)2)25(12-15-5-7-16(22)8-6-15)20(24-18)17-4-3-9-23-21(17)26/h3-11H,12H2,1-2H3,(H,23,26). The fraction of sp³-hybridized carbons (Fsp3) is 0.143. The van der Waals surface area contributed by atoms with E-state index in [-0.39, 0.29) is 11.4 Å². The minimum atomic E-state index is -0.268. The molecule has 2 aromatic carbocycles. The molecule has 0 aliphatic carbocycles. The molecule has 5 heteroatoms. The average Bonchev–Trinajstić information content (AvgIpc) is 2.95. The van der Waals surface area contributed by atoms with Crippen LogP contribution in [-0.4, -0.2) is 14.5 Å². The van der Waals surface area contributed by atoms with Gasteiger partial charge in [-0.05, 0) is 66.9 Å². The van der Waals surface area contributed by atoms with Gasteiger partial charge >= 0.3 is 0 Å². The minimum absolute atomic E-state index is 0.184. The van der Waals surface area contributed by atoms with Crippen LogP contribution in [0.3, 0.4) is 0 Å². The molecule has 1 N–H and O–H groups in total. The molecule has 0 aliphatic heterocycles. The van der Waals surface area contributed by atoms with E-state index in [0.29, 0.717) is 17.9 Å². The highest BCUT2D eigenvalue weighted by molar-refractivity contribution is 5.82. The molecule has 2 heterocycles. The first kappa shape index (κ1) is 16.3. The van der Waals surface area contributed by atoms with Crippen LogP contribution in [0.25, 0.3) is 22.4 Å². The second-order valence-electron chi connectivity index (χ2n) is 6.49. The number of benzene rings is 2. The largest absolute Gasteiger partial charge is 0.328 e. The summed E-state index contributed by atoms with van der Waals surface area (Å²) in [7, 11) is 0. The maximum atomic E-state index is 13.2. The highest BCUT2D eigenvalue weighted by atomic mass is 19.1. The minimum Gasteiger partial charge on any atom is -0.328 e. The Morgan fingerprint density at radius 3 is 2.54 bits per heavy atom. The summed E-state index contributed by atoms with van der Waals surface area (Å²) in [5, 5.41) is 0. The Labute approximate surface area is 150 Å². The average molecular weight is 347 g/mol.